The van der Waals surface area contributed by atoms with E-state index in [-0.39, 0.29) is 17.9 Å². The van der Waals surface area contributed by atoms with Gasteiger partial charge in [-0.1, -0.05) is 18.2 Å². The molecule has 0 spiro atoms. The van der Waals surface area contributed by atoms with Crippen LogP contribution in [0.2, 0.25) is 0 Å². The lowest BCUT2D eigenvalue weighted by molar-refractivity contribution is -0.120. The van der Waals surface area contributed by atoms with Crippen LogP contribution in [0.15, 0.2) is 53.5 Å². The van der Waals surface area contributed by atoms with Crippen LogP contribution < -0.4 is 15.8 Å². The number of benzene rings is 1. The molecule has 1 aliphatic rings. The van der Waals surface area contributed by atoms with Gasteiger partial charge in [0.2, 0.25) is 5.91 Å². The zero-order chi connectivity index (χ0) is 19.3. The van der Waals surface area contributed by atoms with Gasteiger partial charge in [-0.2, -0.15) is 0 Å². The van der Waals surface area contributed by atoms with Crippen molar-refractivity contribution in [3.8, 4) is 0 Å². The number of amides is 1. The number of hydrogen-bond donors (Lipinski definition) is 2. The van der Waals surface area contributed by atoms with Crippen LogP contribution in [0.5, 0.6) is 0 Å². The third-order valence-corrected chi connectivity index (χ3v) is 5.16. The molecule has 2 aromatic heterocycles. The van der Waals surface area contributed by atoms with Gasteiger partial charge in [-0.25, -0.2) is 4.98 Å². The summed E-state index contributed by atoms with van der Waals surface area (Å²) in [5.41, 5.74) is 2.04. The van der Waals surface area contributed by atoms with Crippen LogP contribution in [0.25, 0.3) is 10.9 Å². The Kier molecular flexibility index (Phi) is 5.37. The number of nitrogens with one attached hydrogen (secondary N) is 2. The first-order valence-electron chi connectivity index (χ1n) is 9.76. The molecule has 1 aliphatic heterocycles. The maximum Gasteiger partial charge on any atom is 0.252 e. The number of carbonyl (C=O) groups is 1. The van der Waals surface area contributed by atoms with Gasteiger partial charge in [0.15, 0.2) is 0 Å². The highest BCUT2D eigenvalue weighted by Crippen LogP contribution is 2.18. The fourth-order valence-electron chi connectivity index (χ4n) is 3.63. The van der Waals surface area contributed by atoms with Gasteiger partial charge in [0, 0.05) is 36.9 Å². The van der Waals surface area contributed by atoms with Gasteiger partial charge < -0.3 is 15.2 Å². The van der Waals surface area contributed by atoms with Gasteiger partial charge in [0.25, 0.3) is 5.56 Å². The number of aromatic nitrogens is 2. The van der Waals surface area contributed by atoms with Gasteiger partial charge in [0.1, 0.15) is 5.82 Å². The Balaban J connectivity index is 1.39. The third kappa shape index (κ3) is 4.22. The third-order valence-electron chi connectivity index (χ3n) is 5.16. The molecule has 0 unspecified atom stereocenters. The van der Waals surface area contributed by atoms with E-state index in [2.05, 4.69) is 20.2 Å². The molecule has 1 amide bonds. The average molecular weight is 376 g/mol. The molecule has 144 valence electrons. The van der Waals surface area contributed by atoms with Crippen LogP contribution in [0.1, 0.15) is 30.4 Å². The Morgan fingerprint density at radius 1 is 1.11 bits per heavy atom. The number of pyridine rings is 2. The first-order chi connectivity index (χ1) is 13.7. The van der Waals surface area contributed by atoms with Crippen LogP contribution in [0, 0.1) is 0 Å². The number of anilines is 1. The predicted molar refractivity (Wildman–Crippen MR) is 110 cm³/mol. The van der Waals surface area contributed by atoms with E-state index in [1.54, 1.807) is 12.3 Å². The highest BCUT2D eigenvalue weighted by molar-refractivity contribution is 5.82. The number of hydrogen-bond acceptors (Lipinski definition) is 4. The SMILES string of the molecule is O=C(Cc1cc2ccccc2[nH]c1=O)NCc1ccnc(N2CCCCC2)c1. The molecule has 0 aliphatic carbocycles. The summed E-state index contributed by atoms with van der Waals surface area (Å²) in [7, 11) is 0. The van der Waals surface area contributed by atoms with Crippen molar-refractivity contribution < 1.29 is 4.79 Å². The van der Waals surface area contributed by atoms with Crippen molar-refractivity contribution in [1.82, 2.24) is 15.3 Å². The molecule has 1 fully saturated rings. The normalized spacial score (nSPS) is 14.2. The van der Waals surface area contributed by atoms with Crippen LogP contribution in [0.4, 0.5) is 5.82 Å². The molecule has 3 heterocycles. The van der Waals surface area contributed by atoms with E-state index in [1.165, 1.54) is 19.3 Å². The molecule has 2 N–H and O–H groups in total. The van der Waals surface area contributed by atoms with Crippen molar-refractivity contribution in [3.63, 3.8) is 0 Å². The molecule has 3 aromatic rings. The van der Waals surface area contributed by atoms with Crippen LogP contribution >= 0.6 is 0 Å². The molecule has 6 heteroatoms. The number of rotatable bonds is 5. The highest BCUT2D eigenvalue weighted by Gasteiger charge is 2.13. The molecular weight excluding hydrogens is 352 g/mol. The van der Waals surface area contributed by atoms with Crippen LogP contribution in [-0.4, -0.2) is 29.0 Å². The molecule has 0 atom stereocenters. The summed E-state index contributed by atoms with van der Waals surface area (Å²) < 4.78 is 0. The number of piperidine rings is 1. The monoisotopic (exact) mass is 376 g/mol. The van der Waals surface area contributed by atoms with Gasteiger partial charge in [-0.15, -0.1) is 0 Å². The van der Waals surface area contributed by atoms with Gasteiger partial charge >= 0.3 is 0 Å². The smallest absolute Gasteiger partial charge is 0.252 e. The van der Waals surface area contributed by atoms with Crippen molar-refractivity contribution in [2.24, 2.45) is 0 Å². The van der Waals surface area contributed by atoms with Crippen LogP contribution in [-0.2, 0) is 17.8 Å². The summed E-state index contributed by atoms with van der Waals surface area (Å²) in [6.45, 7) is 2.49. The summed E-state index contributed by atoms with van der Waals surface area (Å²) in [6, 6.07) is 13.3. The van der Waals surface area contributed by atoms with Gasteiger partial charge in [-0.05, 0) is 54.5 Å². The fraction of sp³-hybridized carbons (Fsp3) is 0.318. The maximum atomic E-state index is 12.4. The van der Waals surface area contributed by atoms with E-state index in [9.17, 15) is 9.59 Å². The molecule has 1 aromatic carbocycles. The standard InChI is InChI=1S/C22H24N4O2/c27-21(14-18-13-17-6-2-3-7-19(17)25-22(18)28)24-15-16-8-9-23-20(12-16)26-10-4-1-5-11-26/h2-3,6-9,12-13H,1,4-5,10-11,14-15H2,(H,24,27)(H,25,28). The second-order valence-corrected chi connectivity index (χ2v) is 7.23. The highest BCUT2D eigenvalue weighted by atomic mass is 16.2. The topological polar surface area (TPSA) is 78.1 Å². The molecule has 0 radical (unpaired) electrons. The second-order valence-electron chi connectivity index (χ2n) is 7.23. The number of aromatic amines is 1. The molecular formula is C22H24N4O2. The van der Waals surface area contributed by atoms with Crippen LogP contribution in [0.3, 0.4) is 0 Å². The number of carbonyl (C=O) groups excluding carboxylic acids is 1. The summed E-state index contributed by atoms with van der Waals surface area (Å²) >= 11 is 0. The van der Waals surface area contributed by atoms with E-state index in [0.29, 0.717) is 12.1 Å². The Labute approximate surface area is 163 Å². The zero-order valence-electron chi connectivity index (χ0n) is 15.8. The number of para-hydroxylation sites is 1. The van der Waals surface area contributed by atoms with Crippen molar-refractivity contribution in [3.05, 3.63) is 70.1 Å². The summed E-state index contributed by atoms with van der Waals surface area (Å²) in [5, 5.41) is 3.84. The van der Waals surface area contributed by atoms with Crippen molar-refractivity contribution >= 4 is 22.6 Å². The predicted octanol–water partition coefficient (Wildman–Crippen LogP) is 2.77. The lowest BCUT2D eigenvalue weighted by Gasteiger charge is -2.27. The minimum Gasteiger partial charge on any atom is -0.357 e. The minimum absolute atomic E-state index is 0.0598. The minimum atomic E-state index is -0.217. The first-order valence-corrected chi connectivity index (χ1v) is 9.76. The van der Waals surface area contributed by atoms with Crippen molar-refractivity contribution in [2.75, 3.05) is 18.0 Å². The number of H-pyrrole nitrogens is 1. The summed E-state index contributed by atoms with van der Waals surface area (Å²) in [6.07, 6.45) is 5.52. The second kappa shape index (κ2) is 8.25. The molecule has 28 heavy (non-hydrogen) atoms. The molecule has 6 nitrogen and oxygen atoms in total. The molecule has 0 saturated carbocycles. The number of nitrogens with zero attached hydrogens (tertiary/aromatic N) is 2. The van der Waals surface area contributed by atoms with E-state index < -0.39 is 0 Å². The Hall–Kier alpha value is -3.15. The molecule has 4 rings (SSSR count). The van der Waals surface area contributed by atoms with Crippen molar-refractivity contribution in [1.29, 1.82) is 0 Å². The average Bonchev–Trinajstić information content (AvgIpc) is 2.74. The van der Waals surface area contributed by atoms with E-state index in [1.807, 2.05) is 36.4 Å². The van der Waals surface area contributed by atoms with E-state index in [0.717, 1.165) is 35.4 Å². The maximum absolute atomic E-state index is 12.4. The Bertz CT molecular complexity index is 1040. The lowest BCUT2D eigenvalue weighted by atomic mass is 10.1. The first kappa shape index (κ1) is 18.2. The quantitative estimate of drug-likeness (QED) is 0.718. The van der Waals surface area contributed by atoms with Crippen molar-refractivity contribution in [2.45, 2.75) is 32.2 Å². The summed E-state index contributed by atoms with van der Waals surface area (Å²) in [5.74, 6) is 0.800. The lowest BCUT2D eigenvalue weighted by Crippen LogP contribution is -2.30. The Morgan fingerprint density at radius 2 is 1.93 bits per heavy atom. The van der Waals surface area contributed by atoms with Gasteiger partial charge in [-0.3, -0.25) is 9.59 Å². The van der Waals surface area contributed by atoms with Gasteiger partial charge in [0.05, 0.1) is 6.42 Å². The zero-order valence-corrected chi connectivity index (χ0v) is 15.8. The largest absolute Gasteiger partial charge is 0.357 e. The fourth-order valence-corrected chi connectivity index (χ4v) is 3.63. The molecule has 0 bridgehead atoms. The Morgan fingerprint density at radius 3 is 2.79 bits per heavy atom. The molecule has 1 saturated heterocycles. The summed E-state index contributed by atoms with van der Waals surface area (Å²) in [4.78, 5) is 34.2. The number of fused-ring (bicyclic) bond motifs is 1. The van der Waals surface area contributed by atoms with E-state index >= 15 is 0 Å². The van der Waals surface area contributed by atoms with E-state index in [4.69, 9.17) is 0 Å².